The number of carbonyl (C=O) groups is 1. The van der Waals surface area contributed by atoms with E-state index in [4.69, 9.17) is 0 Å². The first-order valence-corrected chi connectivity index (χ1v) is 6.19. The second-order valence-corrected chi connectivity index (χ2v) is 5.02. The first-order valence-electron chi connectivity index (χ1n) is 5.27. The fourth-order valence-corrected chi connectivity index (χ4v) is 2.17. The highest BCUT2D eigenvalue weighted by Gasteiger charge is 2.13. The molecule has 0 aliphatic heterocycles. The van der Waals surface area contributed by atoms with E-state index in [9.17, 15) is 4.79 Å². The SMILES string of the molecule is CCC(=O)C(Br)Cc1ccc(C)c(C)c1. The molecule has 82 valence electrons. The van der Waals surface area contributed by atoms with Gasteiger partial charge in [-0.25, -0.2) is 0 Å². The van der Waals surface area contributed by atoms with Gasteiger partial charge in [-0.05, 0) is 37.0 Å². The Kier molecular flexibility index (Phi) is 4.52. The van der Waals surface area contributed by atoms with Gasteiger partial charge in [0.2, 0.25) is 0 Å². The fraction of sp³-hybridized carbons (Fsp3) is 0.462. The van der Waals surface area contributed by atoms with Crippen LogP contribution in [0.2, 0.25) is 0 Å². The van der Waals surface area contributed by atoms with Crippen LogP contribution in [0.3, 0.4) is 0 Å². The predicted molar refractivity (Wildman–Crippen MR) is 67.6 cm³/mol. The van der Waals surface area contributed by atoms with E-state index in [1.807, 2.05) is 6.92 Å². The summed E-state index contributed by atoms with van der Waals surface area (Å²) in [6.45, 7) is 6.10. The van der Waals surface area contributed by atoms with E-state index >= 15 is 0 Å². The first kappa shape index (κ1) is 12.4. The maximum atomic E-state index is 11.4. The minimum absolute atomic E-state index is 0.0374. The molecule has 0 aliphatic carbocycles. The number of rotatable bonds is 4. The van der Waals surface area contributed by atoms with Crippen LogP contribution < -0.4 is 0 Å². The molecular formula is C13H17BrO. The molecule has 0 aromatic heterocycles. The molecule has 0 amide bonds. The van der Waals surface area contributed by atoms with Crippen molar-refractivity contribution in [3.8, 4) is 0 Å². The number of hydrogen-bond donors (Lipinski definition) is 0. The second kappa shape index (κ2) is 5.45. The Morgan fingerprint density at radius 2 is 2.00 bits per heavy atom. The van der Waals surface area contributed by atoms with Crippen molar-refractivity contribution in [1.82, 2.24) is 0 Å². The van der Waals surface area contributed by atoms with Gasteiger partial charge in [-0.15, -0.1) is 0 Å². The summed E-state index contributed by atoms with van der Waals surface area (Å²) in [4.78, 5) is 11.4. The average molecular weight is 269 g/mol. The number of aryl methyl sites for hydroxylation is 2. The van der Waals surface area contributed by atoms with Gasteiger partial charge in [0.05, 0.1) is 4.83 Å². The Balaban J connectivity index is 2.73. The lowest BCUT2D eigenvalue weighted by Gasteiger charge is -2.09. The molecule has 1 unspecified atom stereocenters. The zero-order valence-corrected chi connectivity index (χ0v) is 11.1. The van der Waals surface area contributed by atoms with Gasteiger partial charge in [0.1, 0.15) is 5.78 Å². The Morgan fingerprint density at radius 3 is 2.53 bits per heavy atom. The average Bonchev–Trinajstić information content (AvgIpc) is 2.22. The number of hydrogen-bond acceptors (Lipinski definition) is 1. The van der Waals surface area contributed by atoms with Crippen molar-refractivity contribution >= 4 is 21.7 Å². The van der Waals surface area contributed by atoms with Crippen LogP contribution in [0.15, 0.2) is 18.2 Å². The molecule has 1 atom stereocenters. The van der Waals surface area contributed by atoms with Crippen LogP contribution in [0.5, 0.6) is 0 Å². The van der Waals surface area contributed by atoms with Crippen molar-refractivity contribution in [3.63, 3.8) is 0 Å². The quantitative estimate of drug-likeness (QED) is 0.763. The molecule has 0 aliphatic rings. The van der Waals surface area contributed by atoms with E-state index < -0.39 is 0 Å². The highest BCUT2D eigenvalue weighted by molar-refractivity contribution is 9.10. The van der Waals surface area contributed by atoms with Crippen molar-refractivity contribution in [2.45, 2.75) is 38.4 Å². The molecule has 0 fully saturated rings. The van der Waals surface area contributed by atoms with E-state index in [-0.39, 0.29) is 10.6 Å². The predicted octanol–water partition coefficient (Wildman–Crippen LogP) is 3.59. The molecule has 0 saturated carbocycles. The molecule has 1 rings (SSSR count). The molecule has 0 bridgehead atoms. The Morgan fingerprint density at radius 1 is 1.33 bits per heavy atom. The van der Waals surface area contributed by atoms with Crippen LogP contribution in [-0.2, 0) is 11.2 Å². The van der Waals surface area contributed by atoms with Gasteiger partial charge in [0, 0.05) is 6.42 Å². The summed E-state index contributed by atoms with van der Waals surface area (Å²) in [6.07, 6.45) is 1.38. The summed E-state index contributed by atoms with van der Waals surface area (Å²) in [5, 5.41) is 0. The molecule has 0 heterocycles. The molecule has 15 heavy (non-hydrogen) atoms. The summed E-state index contributed by atoms with van der Waals surface area (Å²) in [5.74, 6) is 0.272. The van der Waals surface area contributed by atoms with E-state index in [1.165, 1.54) is 16.7 Å². The lowest BCUT2D eigenvalue weighted by atomic mass is 10.0. The molecule has 1 nitrogen and oxygen atoms in total. The molecule has 0 radical (unpaired) electrons. The number of alkyl halides is 1. The van der Waals surface area contributed by atoms with E-state index in [0.717, 1.165) is 6.42 Å². The molecule has 0 spiro atoms. The van der Waals surface area contributed by atoms with Crippen LogP contribution in [-0.4, -0.2) is 10.6 Å². The number of Topliss-reactive ketones (excluding diaryl/α,β-unsaturated/α-hetero) is 1. The summed E-state index contributed by atoms with van der Waals surface area (Å²) in [7, 11) is 0. The van der Waals surface area contributed by atoms with E-state index in [1.54, 1.807) is 0 Å². The molecule has 0 N–H and O–H groups in total. The third kappa shape index (κ3) is 3.45. The Labute approximate surface area is 100 Å². The summed E-state index contributed by atoms with van der Waals surface area (Å²) in [6, 6.07) is 6.37. The monoisotopic (exact) mass is 268 g/mol. The standard InChI is InChI=1S/C13H17BrO/c1-4-13(15)12(14)8-11-6-5-9(2)10(3)7-11/h5-7,12H,4,8H2,1-3H3. The summed E-state index contributed by atoms with van der Waals surface area (Å²) < 4.78 is 0. The van der Waals surface area contributed by atoms with Gasteiger partial charge >= 0.3 is 0 Å². The number of carbonyl (C=O) groups excluding carboxylic acids is 1. The first-order chi connectivity index (χ1) is 7.04. The minimum Gasteiger partial charge on any atom is -0.298 e. The van der Waals surface area contributed by atoms with Crippen LogP contribution in [0.1, 0.15) is 30.0 Å². The number of halogens is 1. The van der Waals surface area contributed by atoms with Crippen molar-refractivity contribution in [1.29, 1.82) is 0 Å². The lowest BCUT2D eigenvalue weighted by molar-refractivity contribution is -0.118. The maximum absolute atomic E-state index is 11.4. The summed E-state index contributed by atoms with van der Waals surface area (Å²) >= 11 is 3.43. The van der Waals surface area contributed by atoms with Crippen molar-refractivity contribution in [2.24, 2.45) is 0 Å². The smallest absolute Gasteiger partial charge is 0.146 e. The molecule has 1 aromatic rings. The highest BCUT2D eigenvalue weighted by atomic mass is 79.9. The Hall–Kier alpha value is -0.630. The topological polar surface area (TPSA) is 17.1 Å². The number of ketones is 1. The Bertz CT molecular complexity index is 358. The van der Waals surface area contributed by atoms with Gasteiger partial charge in [-0.1, -0.05) is 41.1 Å². The van der Waals surface area contributed by atoms with Gasteiger partial charge in [0.15, 0.2) is 0 Å². The second-order valence-electron chi connectivity index (χ2n) is 3.91. The maximum Gasteiger partial charge on any atom is 0.146 e. The molecular weight excluding hydrogens is 252 g/mol. The summed E-state index contributed by atoms with van der Waals surface area (Å²) in [5.41, 5.74) is 3.81. The van der Waals surface area contributed by atoms with E-state index in [0.29, 0.717) is 6.42 Å². The zero-order valence-electron chi connectivity index (χ0n) is 9.51. The third-order valence-corrected chi connectivity index (χ3v) is 3.52. The normalized spacial score (nSPS) is 12.5. The van der Waals surface area contributed by atoms with Crippen LogP contribution >= 0.6 is 15.9 Å². The zero-order chi connectivity index (χ0) is 11.4. The van der Waals surface area contributed by atoms with E-state index in [2.05, 4.69) is 48.0 Å². The number of benzene rings is 1. The molecule has 1 aromatic carbocycles. The van der Waals surface area contributed by atoms with Gasteiger partial charge in [-0.3, -0.25) is 4.79 Å². The van der Waals surface area contributed by atoms with Crippen LogP contribution in [0.25, 0.3) is 0 Å². The largest absolute Gasteiger partial charge is 0.298 e. The van der Waals surface area contributed by atoms with Crippen molar-refractivity contribution in [2.75, 3.05) is 0 Å². The van der Waals surface area contributed by atoms with Crippen LogP contribution in [0, 0.1) is 13.8 Å². The van der Waals surface area contributed by atoms with Crippen molar-refractivity contribution in [3.05, 3.63) is 34.9 Å². The molecule has 2 heteroatoms. The fourth-order valence-electron chi connectivity index (χ4n) is 1.47. The van der Waals surface area contributed by atoms with Crippen molar-refractivity contribution < 1.29 is 4.79 Å². The van der Waals surface area contributed by atoms with Crippen LogP contribution in [0.4, 0.5) is 0 Å². The third-order valence-electron chi connectivity index (χ3n) is 2.68. The molecule has 0 saturated heterocycles. The van der Waals surface area contributed by atoms with Gasteiger partial charge in [-0.2, -0.15) is 0 Å². The lowest BCUT2D eigenvalue weighted by Crippen LogP contribution is -2.15. The van der Waals surface area contributed by atoms with Gasteiger partial charge in [0.25, 0.3) is 0 Å². The minimum atomic E-state index is -0.0374. The van der Waals surface area contributed by atoms with Gasteiger partial charge < -0.3 is 0 Å². The highest BCUT2D eigenvalue weighted by Crippen LogP contribution is 2.15.